The Morgan fingerprint density at radius 1 is 1.15 bits per heavy atom. The molecule has 1 unspecified atom stereocenters. The van der Waals surface area contributed by atoms with Crippen molar-refractivity contribution < 1.29 is 9.18 Å². The summed E-state index contributed by atoms with van der Waals surface area (Å²) in [6.07, 6.45) is 0.975. The van der Waals surface area contributed by atoms with Crippen molar-refractivity contribution in [3.05, 3.63) is 65.5 Å². The molecule has 0 spiro atoms. The number of nitrogens with one attached hydrogen (secondary N) is 1. The minimum Gasteiger partial charge on any atom is -0.399 e. The number of carbonyl (C=O) groups is 1. The molecular formula is C19H26Cl2FN3O. The molecule has 26 heavy (non-hydrogen) atoms. The molecule has 0 heterocycles. The lowest BCUT2D eigenvalue weighted by Crippen LogP contribution is -2.34. The number of aryl methyl sites for hydroxylation is 1. The van der Waals surface area contributed by atoms with E-state index >= 15 is 0 Å². The van der Waals surface area contributed by atoms with Gasteiger partial charge in [-0.3, -0.25) is 4.79 Å². The number of anilines is 1. The van der Waals surface area contributed by atoms with Crippen LogP contribution < -0.4 is 11.1 Å². The molecule has 1 atom stereocenters. The molecule has 0 aliphatic rings. The Labute approximate surface area is 166 Å². The number of amides is 1. The molecule has 0 saturated heterocycles. The van der Waals surface area contributed by atoms with E-state index in [-0.39, 0.29) is 42.6 Å². The van der Waals surface area contributed by atoms with Crippen LogP contribution in [0, 0.1) is 5.82 Å². The smallest absolute Gasteiger partial charge is 0.220 e. The number of hydrogen-bond donors (Lipinski definition) is 2. The number of benzene rings is 2. The summed E-state index contributed by atoms with van der Waals surface area (Å²) in [7, 11) is 3.82. The van der Waals surface area contributed by atoms with Crippen LogP contribution >= 0.6 is 24.8 Å². The minimum atomic E-state index is -0.273. The SMILES string of the molecule is CN(C)C(CNC(=O)CCc1ccccc1N)c1cccc(F)c1.Cl.Cl. The van der Waals surface area contributed by atoms with Gasteiger partial charge in [-0.15, -0.1) is 24.8 Å². The summed E-state index contributed by atoms with van der Waals surface area (Å²) in [5.74, 6) is -0.313. The number of para-hydroxylation sites is 1. The average Bonchev–Trinajstić information content (AvgIpc) is 2.54. The average molecular weight is 402 g/mol. The van der Waals surface area contributed by atoms with E-state index < -0.39 is 0 Å². The highest BCUT2D eigenvalue weighted by Gasteiger charge is 2.16. The van der Waals surface area contributed by atoms with E-state index in [4.69, 9.17) is 5.73 Å². The summed E-state index contributed by atoms with van der Waals surface area (Å²) >= 11 is 0. The van der Waals surface area contributed by atoms with E-state index in [9.17, 15) is 9.18 Å². The van der Waals surface area contributed by atoms with Crippen LogP contribution in [0.1, 0.15) is 23.6 Å². The third-order valence-corrected chi connectivity index (χ3v) is 4.03. The number of likely N-dealkylation sites (N-methyl/N-ethyl adjacent to an activating group) is 1. The fourth-order valence-electron chi connectivity index (χ4n) is 2.62. The van der Waals surface area contributed by atoms with E-state index in [0.717, 1.165) is 11.1 Å². The van der Waals surface area contributed by atoms with Gasteiger partial charge in [0.1, 0.15) is 5.82 Å². The van der Waals surface area contributed by atoms with Gasteiger partial charge in [-0.05, 0) is 49.8 Å². The molecule has 1 amide bonds. The Kier molecular flexibility index (Phi) is 10.9. The van der Waals surface area contributed by atoms with Gasteiger partial charge in [0.15, 0.2) is 0 Å². The van der Waals surface area contributed by atoms with Crippen molar-refractivity contribution in [1.29, 1.82) is 0 Å². The van der Waals surface area contributed by atoms with E-state index in [1.54, 1.807) is 6.07 Å². The quantitative estimate of drug-likeness (QED) is 0.696. The zero-order valence-corrected chi connectivity index (χ0v) is 16.6. The van der Waals surface area contributed by atoms with Crippen LogP contribution in [0.2, 0.25) is 0 Å². The van der Waals surface area contributed by atoms with Crippen LogP contribution in [-0.4, -0.2) is 31.4 Å². The van der Waals surface area contributed by atoms with Crippen molar-refractivity contribution in [2.45, 2.75) is 18.9 Å². The maximum absolute atomic E-state index is 13.4. The number of carbonyl (C=O) groups excluding carboxylic acids is 1. The summed E-state index contributed by atoms with van der Waals surface area (Å²) in [4.78, 5) is 14.1. The minimum absolute atomic E-state index is 0. The Balaban J connectivity index is 0.00000312. The molecule has 0 radical (unpaired) electrons. The molecule has 3 N–H and O–H groups in total. The van der Waals surface area contributed by atoms with Gasteiger partial charge in [-0.2, -0.15) is 0 Å². The highest BCUT2D eigenvalue weighted by atomic mass is 35.5. The molecule has 2 aromatic carbocycles. The lowest BCUT2D eigenvalue weighted by molar-refractivity contribution is -0.121. The molecule has 0 fully saturated rings. The summed E-state index contributed by atoms with van der Waals surface area (Å²) in [6.45, 7) is 0.430. The second-order valence-corrected chi connectivity index (χ2v) is 6.04. The van der Waals surface area contributed by atoms with Gasteiger partial charge in [-0.1, -0.05) is 30.3 Å². The van der Waals surface area contributed by atoms with Gasteiger partial charge in [0, 0.05) is 18.7 Å². The predicted octanol–water partition coefficient (Wildman–Crippen LogP) is 3.60. The maximum Gasteiger partial charge on any atom is 0.220 e. The third-order valence-electron chi connectivity index (χ3n) is 4.03. The van der Waals surface area contributed by atoms with Crippen LogP contribution in [0.5, 0.6) is 0 Å². The maximum atomic E-state index is 13.4. The van der Waals surface area contributed by atoms with Gasteiger partial charge < -0.3 is 16.0 Å². The molecule has 2 rings (SSSR count). The van der Waals surface area contributed by atoms with Crippen molar-refractivity contribution in [2.75, 3.05) is 26.4 Å². The van der Waals surface area contributed by atoms with Crippen LogP contribution in [0.25, 0.3) is 0 Å². The van der Waals surface area contributed by atoms with Gasteiger partial charge in [0.2, 0.25) is 5.91 Å². The number of rotatable bonds is 7. The lowest BCUT2D eigenvalue weighted by atomic mass is 10.1. The molecule has 0 aliphatic heterocycles. The van der Waals surface area contributed by atoms with Crippen molar-refractivity contribution in [3.8, 4) is 0 Å². The third kappa shape index (κ3) is 7.20. The summed E-state index contributed by atoms with van der Waals surface area (Å²) in [5.41, 5.74) is 8.40. The summed E-state index contributed by atoms with van der Waals surface area (Å²) in [6, 6.07) is 13.9. The molecule has 144 valence electrons. The number of hydrogen-bond acceptors (Lipinski definition) is 3. The normalized spacial score (nSPS) is 11.2. The Morgan fingerprint density at radius 3 is 2.46 bits per heavy atom. The lowest BCUT2D eigenvalue weighted by Gasteiger charge is -2.25. The van der Waals surface area contributed by atoms with Gasteiger partial charge in [0.05, 0.1) is 6.04 Å². The predicted molar refractivity (Wildman–Crippen MR) is 110 cm³/mol. The first-order valence-corrected chi connectivity index (χ1v) is 7.99. The number of nitrogens with two attached hydrogens (primary N) is 1. The van der Waals surface area contributed by atoms with Crippen LogP contribution in [-0.2, 0) is 11.2 Å². The Morgan fingerprint density at radius 2 is 1.85 bits per heavy atom. The second kappa shape index (κ2) is 11.7. The molecule has 2 aromatic rings. The monoisotopic (exact) mass is 401 g/mol. The van der Waals surface area contributed by atoms with E-state index in [0.29, 0.717) is 25.1 Å². The highest BCUT2D eigenvalue weighted by molar-refractivity contribution is 5.85. The number of halogens is 3. The molecule has 0 bridgehead atoms. The fourth-order valence-corrected chi connectivity index (χ4v) is 2.62. The Hall–Kier alpha value is -1.82. The van der Waals surface area contributed by atoms with Crippen molar-refractivity contribution in [3.63, 3.8) is 0 Å². The summed E-state index contributed by atoms with van der Waals surface area (Å²) < 4.78 is 13.4. The van der Waals surface area contributed by atoms with Crippen molar-refractivity contribution >= 4 is 36.4 Å². The number of nitrogens with zero attached hydrogens (tertiary/aromatic N) is 1. The molecule has 4 nitrogen and oxygen atoms in total. The zero-order chi connectivity index (χ0) is 17.5. The molecule has 0 aliphatic carbocycles. The van der Waals surface area contributed by atoms with Gasteiger partial charge in [0.25, 0.3) is 0 Å². The van der Waals surface area contributed by atoms with Gasteiger partial charge in [-0.25, -0.2) is 4.39 Å². The number of nitrogen functional groups attached to an aromatic ring is 1. The van der Waals surface area contributed by atoms with Gasteiger partial charge >= 0.3 is 0 Å². The molecular weight excluding hydrogens is 376 g/mol. The van der Waals surface area contributed by atoms with Crippen LogP contribution in [0.15, 0.2) is 48.5 Å². The van der Waals surface area contributed by atoms with Crippen molar-refractivity contribution in [2.24, 2.45) is 0 Å². The topological polar surface area (TPSA) is 58.4 Å². The first kappa shape index (κ1) is 24.2. The molecule has 7 heteroatoms. The van der Waals surface area contributed by atoms with E-state index in [1.807, 2.05) is 49.3 Å². The van der Waals surface area contributed by atoms with Crippen LogP contribution in [0.3, 0.4) is 0 Å². The first-order chi connectivity index (χ1) is 11.5. The summed E-state index contributed by atoms with van der Waals surface area (Å²) in [5, 5.41) is 2.93. The van der Waals surface area contributed by atoms with Crippen molar-refractivity contribution in [1.82, 2.24) is 10.2 Å². The highest BCUT2D eigenvalue weighted by Crippen LogP contribution is 2.18. The Bertz CT molecular complexity index is 698. The van der Waals surface area contributed by atoms with Crippen LogP contribution in [0.4, 0.5) is 10.1 Å². The fraction of sp³-hybridized carbons (Fsp3) is 0.316. The standard InChI is InChI=1S/C19H24FN3O.2ClH/c1-23(2)18(15-7-5-8-16(20)12-15)13-22-19(24)11-10-14-6-3-4-9-17(14)21;;/h3-9,12,18H,10-11,13,21H2,1-2H3,(H,22,24);2*1H. The second-order valence-electron chi connectivity index (χ2n) is 6.04. The molecule has 0 saturated carbocycles. The first-order valence-electron chi connectivity index (χ1n) is 7.99. The van der Waals surface area contributed by atoms with E-state index in [1.165, 1.54) is 12.1 Å². The zero-order valence-electron chi connectivity index (χ0n) is 14.9. The largest absolute Gasteiger partial charge is 0.399 e. The molecule has 0 aromatic heterocycles. The van der Waals surface area contributed by atoms with E-state index in [2.05, 4.69) is 5.32 Å².